The van der Waals surface area contributed by atoms with Crippen molar-refractivity contribution in [2.75, 3.05) is 0 Å². The van der Waals surface area contributed by atoms with Gasteiger partial charge in [-0.2, -0.15) is 5.26 Å². The third-order valence-corrected chi connectivity index (χ3v) is 2.43. The Morgan fingerprint density at radius 2 is 2.20 bits per heavy atom. The van der Waals surface area contributed by atoms with E-state index in [1.165, 1.54) is 6.39 Å². The summed E-state index contributed by atoms with van der Waals surface area (Å²) in [5.41, 5.74) is 0.740. The van der Waals surface area contributed by atoms with Gasteiger partial charge in [0.1, 0.15) is 5.75 Å². The fourth-order valence-corrected chi connectivity index (χ4v) is 1.48. The van der Waals surface area contributed by atoms with Gasteiger partial charge in [0.05, 0.1) is 11.5 Å². The van der Waals surface area contributed by atoms with Crippen molar-refractivity contribution in [1.82, 2.24) is 4.98 Å². The highest BCUT2D eigenvalue weighted by Crippen LogP contribution is 2.35. The maximum Gasteiger partial charge on any atom is 0.182 e. The van der Waals surface area contributed by atoms with E-state index < -0.39 is 5.41 Å². The molecule has 0 saturated carbocycles. The van der Waals surface area contributed by atoms with Crippen molar-refractivity contribution in [2.24, 2.45) is 0 Å². The molecule has 4 heteroatoms. The molecule has 0 spiro atoms. The molecule has 0 aliphatic heterocycles. The van der Waals surface area contributed by atoms with Crippen molar-refractivity contribution in [2.45, 2.75) is 19.3 Å². The zero-order chi connectivity index (χ0) is 11.1. The van der Waals surface area contributed by atoms with E-state index in [4.69, 9.17) is 9.68 Å². The van der Waals surface area contributed by atoms with Gasteiger partial charge in [-0.15, -0.1) is 0 Å². The van der Waals surface area contributed by atoms with Gasteiger partial charge in [-0.1, -0.05) is 0 Å². The number of phenols is 1. The van der Waals surface area contributed by atoms with E-state index in [0.717, 1.165) is 0 Å². The average Bonchev–Trinajstić information content (AvgIpc) is 2.66. The van der Waals surface area contributed by atoms with Crippen LogP contribution >= 0.6 is 0 Å². The van der Waals surface area contributed by atoms with Crippen LogP contribution in [0.3, 0.4) is 0 Å². The number of phenolic OH excluding ortho intramolecular Hbond substituents is 1. The summed E-state index contributed by atoms with van der Waals surface area (Å²) < 4.78 is 5.05. The second-order valence-corrected chi connectivity index (χ2v) is 3.90. The summed E-state index contributed by atoms with van der Waals surface area (Å²) in [5.74, 6) is 0.0211. The first kappa shape index (κ1) is 9.53. The van der Waals surface area contributed by atoms with Crippen molar-refractivity contribution in [3.8, 4) is 11.8 Å². The van der Waals surface area contributed by atoms with Crippen LogP contribution in [0.2, 0.25) is 0 Å². The molecule has 1 N–H and O–H groups in total. The third-order valence-electron chi connectivity index (χ3n) is 2.43. The van der Waals surface area contributed by atoms with Crippen molar-refractivity contribution in [1.29, 1.82) is 5.26 Å². The molecule has 0 atom stereocenters. The zero-order valence-electron chi connectivity index (χ0n) is 8.48. The summed E-state index contributed by atoms with van der Waals surface area (Å²) in [7, 11) is 0. The van der Waals surface area contributed by atoms with Crippen molar-refractivity contribution in [3.63, 3.8) is 0 Å². The first-order valence-corrected chi connectivity index (χ1v) is 4.53. The SMILES string of the molecule is CC(C)(C#N)c1ccc2ocnc2c1O. The minimum absolute atomic E-state index is 0.0211. The number of benzene rings is 1. The highest BCUT2D eigenvalue weighted by atomic mass is 16.3. The number of rotatable bonds is 1. The number of oxazole rings is 1. The number of hydrogen-bond acceptors (Lipinski definition) is 4. The zero-order valence-corrected chi connectivity index (χ0v) is 8.48. The van der Waals surface area contributed by atoms with Crippen LogP contribution < -0.4 is 0 Å². The Labute approximate surface area is 86.8 Å². The van der Waals surface area contributed by atoms with Gasteiger partial charge < -0.3 is 9.52 Å². The lowest BCUT2D eigenvalue weighted by Gasteiger charge is -2.16. The molecule has 0 aliphatic carbocycles. The first-order chi connectivity index (χ1) is 7.06. The average molecular weight is 202 g/mol. The van der Waals surface area contributed by atoms with E-state index in [2.05, 4.69) is 11.1 Å². The molecule has 1 heterocycles. The van der Waals surface area contributed by atoms with Gasteiger partial charge in [-0.25, -0.2) is 4.98 Å². The molecule has 76 valence electrons. The predicted molar refractivity (Wildman–Crippen MR) is 54.3 cm³/mol. The van der Waals surface area contributed by atoms with Crippen LogP contribution in [0, 0.1) is 11.3 Å². The predicted octanol–water partition coefficient (Wildman–Crippen LogP) is 2.33. The Balaban J connectivity index is 2.74. The molecule has 0 bridgehead atoms. The smallest absolute Gasteiger partial charge is 0.182 e. The molecule has 0 aliphatic rings. The highest BCUT2D eigenvalue weighted by molar-refractivity contribution is 5.81. The molecule has 2 aromatic rings. The molecule has 4 nitrogen and oxygen atoms in total. The molecule has 0 radical (unpaired) electrons. The van der Waals surface area contributed by atoms with Crippen molar-refractivity contribution in [3.05, 3.63) is 24.1 Å². The number of aromatic hydroxyl groups is 1. The monoisotopic (exact) mass is 202 g/mol. The van der Waals surface area contributed by atoms with Gasteiger partial charge in [-0.05, 0) is 26.0 Å². The lowest BCUT2D eigenvalue weighted by molar-refractivity contribution is 0.462. The van der Waals surface area contributed by atoms with Gasteiger partial charge >= 0.3 is 0 Å². The molecule has 0 fully saturated rings. The fraction of sp³-hybridized carbons (Fsp3) is 0.273. The van der Waals surface area contributed by atoms with E-state index >= 15 is 0 Å². The number of fused-ring (bicyclic) bond motifs is 1. The quantitative estimate of drug-likeness (QED) is 0.770. The molecule has 1 aromatic carbocycles. The minimum Gasteiger partial charge on any atom is -0.505 e. The molecule has 0 saturated heterocycles. The van der Waals surface area contributed by atoms with Crippen LogP contribution in [0.5, 0.6) is 5.75 Å². The summed E-state index contributed by atoms with van der Waals surface area (Å²) >= 11 is 0. The van der Waals surface area contributed by atoms with E-state index in [-0.39, 0.29) is 5.75 Å². The highest BCUT2D eigenvalue weighted by Gasteiger charge is 2.25. The summed E-state index contributed by atoms with van der Waals surface area (Å²) in [5, 5.41) is 18.9. The van der Waals surface area contributed by atoms with Gasteiger partial charge in [0.15, 0.2) is 17.5 Å². The van der Waals surface area contributed by atoms with Gasteiger partial charge in [0.2, 0.25) is 0 Å². The third kappa shape index (κ3) is 1.33. The van der Waals surface area contributed by atoms with Crippen LogP contribution in [0.1, 0.15) is 19.4 Å². The van der Waals surface area contributed by atoms with Gasteiger partial charge in [0, 0.05) is 5.56 Å². The maximum atomic E-state index is 9.93. The Hall–Kier alpha value is -2.02. The molecule has 1 aromatic heterocycles. The number of nitriles is 1. The van der Waals surface area contributed by atoms with Crippen LogP contribution in [0.4, 0.5) is 0 Å². The summed E-state index contributed by atoms with van der Waals surface area (Å²) in [6.07, 6.45) is 1.27. The van der Waals surface area contributed by atoms with E-state index in [1.54, 1.807) is 26.0 Å². The van der Waals surface area contributed by atoms with E-state index in [9.17, 15) is 5.11 Å². The Kier molecular flexibility index (Phi) is 1.90. The number of hydrogen-bond donors (Lipinski definition) is 1. The molecular weight excluding hydrogens is 192 g/mol. The molecule has 0 unspecified atom stereocenters. The number of nitrogens with zero attached hydrogens (tertiary/aromatic N) is 2. The second kappa shape index (κ2) is 2.99. The largest absolute Gasteiger partial charge is 0.505 e. The molecule has 0 amide bonds. The fourth-order valence-electron chi connectivity index (χ4n) is 1.48. The normalized spacial score (nSPS) is 11.5. The van der Waals surface area contributed by atoms with Crippen LogP contribution in [-0.2, 0) is 5.41 Å². The molecule has 15 heavy (non-hydrogen) atoms. The van der Waals surface area contributed by atoms with Crippen LogP contribution in [0.15, 0.2) is 22.9 Å². The summed E-state index contributed by atoms with van der Waals surface area (Å²) in [6, 6.07) is 5.53. The van der Waals surface area contributed by atoms with Crippen molar-refractivity contribution >= 4 is 11.1 Å². The Morgan fingerprint density at radius 1 is 1.47 bits per heavy atom. The molecular formula is C11H10N2O2. The summed E-state index contributed by atoms with van der Waals surface area (Å²) in [6.45, 7) is 3.49. The van der Waals surface area contributed by atoms with E-state index in [0.29, 0.717) is 16.7 Å². The van der Waals surface area contributed by atoms with Crippen molar-refractivity contribution < 1.29 is 9.52 Å². The topological polar surface area (TPSA) is 70.0 Å². The van der Waals surface area contributed by atoms with Gasteiger partial charge in [-0.3, -0.25) is 0 Å². The standard InChI is InChI=1S/C11H10N2O2/c1-11(2,5-12)7-3-4-8-9(10(7)14)13-6-15-8/h3-4,6,14H,1-2H3. The van der Waals surface area contributed by atoms with Gasteiger partial charge in [0.25, 0.3) is 0 Å². The molecule has 2 rings (SSSR count). The van der Waals surface area contributed by atoms with E-state index in [1.807, 2.05) is 0 Å². The lowest BCUT2D eigenvalue weighted by Crippen LogP contribution is -2.13. The first-order valence-electron chi connectivity index (χ1n) is 4.53. The lowest BCUT2D eigenvalue weighted by atomic mass is 9.85. The Bertz CT molecular complexity index is 549. The summed E-state index contributed by atoms with van der Waals surface area (Å²) in [4.78, 5) is 3.90. The maximum absolute atomic E-state index is 9.93. The minimum atomic E-state index is -0.739. The van der Waals surface area contributed by atoms with Crippen LogP contribution in [-0.4, -0.2) is 10.1 Å². The van der Waals surface area contributed by atoms with Crippen LogP contribution in [0.25, 0.3) is 11.1 Å². The number of aromatic nitrogens is 1. The Morgan fingerprint density at radius 3 is 2.87 bits per heavy atom. The second-order valence-electron chi connectivity index (χ2n) is 3.90.